The van der Waals surface area contributed by atoms with Gasteiger partial charge < -0.3 is 10.0 Å². The zero-order chi connectivity index (χ0) is 15.6. The lowest BCUT2D eigenvalue weighted by Gasteiger charge is -2.18. The van der Waals surface area contributed by atoms with Crippen molar-refractivity contribution in [1.82, 2.24) is 0 Å². The van der Waals surface area contributed by atoms with Gasteiger partial charge in [0.05, 0.1) is 10.6 Å². The van der Waals surface area contributed by atoms with Crippen LogP contribution in [0, 0.1) is 16.0 Å². The summed E-state index contributed by atoms with van der Waals surface area (Å²) >= 11 is 5.79. The van der Waals surface area contributed by atoms with Crippen LogP contribution in [0.25, 0.3) is 10.4 Å². The molecule has 1 aliphatic rings. The number of carbonyl (C=O) groups is 1. The summed E-state index contributed by atoms with van der Waals surface area (Å²) in [5.74, 6) is -1.13. The van der Waals surface area contributed by atoms with Crippen molar-refractivity contribution in [2.45, 2.75) is 6.42 Å². The minimum absolute atomic E-state index is 0.0114. The summed E-state index contributed by atoms with van der Waals surface area (Å²) in [5, 5.41) is 24.3. The average Bonchev–Trinajstić information content (AvgIpc) is 2.79. The number of nitro benzene ring substituents is 1. The normalized spacial score (nSPS) is 17.7. The van der Waals surface area contributed by atoms with Crippen LogP contribution < -0.4 is 4.90 Å². The number of phenolic OH excluding ortho intramolecular Hbond substituents is 1. The molecule has 1 N–H and O–H groups in total. The number of anilines is 1. The van der Waals surface area contributed by atoms with E-state index in [1.54, 1.807) is 0 Å². The molecule has 0 aromatic heterocycles. The standard InChI is InChI=1S/C11H10ClN5O4/c12-7-2-8(11(19)9(3-7)17(20)21)16-5-6(1-10(16)18)4-14-15-13/h2-3,6,19H,1,4-5H2. The predicted octanol–water partition coefficient (Wildman–Crippen LogP) is 2.62. The van der Waals surface area contributed by atoms with Gasteiger partial charge in [-0.2, -0.15) is 0 Å². The van der Waals surface area contributed by atoms with Gasteiger partial charge in [-0.3, -0.25) is 14.9 Å². The first kappa shape index (κ1) is 14.9. The molecular formula is C11H10ClN5O4. The zero-order valence-corrected chi connectivity index (χ0v) is 11.4. The molecule has 1 saturated heterocycles. The van der Waals surface area contributed by atoms with E-state index in [0.29, 0.717) is 0 Å². The van der Waals surface area contributed by atoms with Gasteiger partial charge in [0, 0.05) is 35.5 Å². The summed E-state index contributed by atoms with van der Waals surface area (Å²) in [4.78, 5) is 25.9. The number of amides is 1. The lowest BCUT2D eigenvalue weighted by molar-refractivity contribution is -0.385. The highest BCUT2D eigenvalue weighted by molar-refractivity contribution is 6.31. The molecule has 9 nitrogen and oxygen atoms in total. The molecule has 1 aromatic rings. The van der Waals surface area contributed by atoms with Gasteiger partial charge in [0.15, 0.2) is 0 Å². The van der Waals surface area contributed by atoms with Crippen molar-refractivity contribution in [1.29, 1.82) is 0 Å². The second-order valence-electron chi connectivity index (χ2n) is 4.54. The van der Waals surface area contributed by atoms with E-state index < -0.39 is 16.4 Å². The molecule has 0 spiro atoms. The van der Waals surface area contributed by atoms with Crippen LogP contribution in [0.3, 0.4) is 0 Å². The van der Waals surface area contributed by atoms with E-state index in [4.69, 9.17) is 17.1 Å². The highest BCUT2D eigenvalue weighted by Crippen LogP contribution is 2.41. The topological polar surface area (TPSA) is 132 Å². The third-order valence-electron chi connectivity index (χ3n) is 3.13. The quantitative estimate of drug-likeness (QED) is 0.301. The molecule has 1 aromatic carbocycles. The van der Waals surface area contributed by atoms with Gasteiger partial charge in [-0.05, 0) is 17.5 Å². The predicted molar refractivity (Wildman–Crippen MR) is 74.2 cm³/mol. The zero-order valence-electron chi connectivity index (χ0n) is 10.6. The van der Waals surface area contributed by atoms with Gasteiger partial charge in [0.2, 0.25) is 11.7 Å². The second kappa shape index (κ2) is 5.86. The number of aromatic hydroxyl groups is 1. The van der Waals surface area contributed by atoms with Crippen molar-refractivity contribution < 1.29 is 14.8 Å². The summed E-state index contributed by atoms with van der Waals surface area (Å²) in [6.07, 6.45) is 0.138. The lowest BCUT2D eigenvalue weighted by atomic mass is 10.1. The van der Waals surface area contributed by atoms with Crippen molar-refractivity contribution >= 4 is 28.9 Å². The molecule has 2 rings (SSSR count). The Morgan fingerprint density at radius 2 is 2.33 bits per heavy atom. The summed E-state index contributed by atoms with van der Waals surface area (Å²) in [7, 11) is 0. The maximum Gasteiger partial charge on any atom is 0.314 e. The largest absolute Gasteiger partial charge is 0.501 e. The smallest absolute Gasteiger partial charge is 0.314 e. The fourth-order valence-corrected chi connectivity index (χ4v) is 2.41. The average molecular weight is 312 g/mol. The molecule has 0 radical (unpaired) electrons. The number of carbonyl (C=O) groups excluding carboxylic acids is 1. The van der Waals surface area contributed by atoms with E-state index in [1.807, 2.05) is 0 Å². The maximum atomic E-state index is 12.0. The number of hydrogen-bond donors (Lipinski definition) is 1. The van der Waals surface area contributed by atoms with Gasteiger partial charge in [-0.15, -0.1) is 0 Å². The monoisotopic (exact) mass is 311 g/mol. The number of hydrogen-bond acceptors (Lipinski definition) is 5. The van der Waals surface area contributed by atoms with E-state index in [0.717, 1.165) is 6.07 Å². The first-order chi connectivity index (χ1) is 9.93. The van der Waals surface area contributed by atoms with Crippen molar-refractivity contribution in [2.24, 2.45) is 11.0 Å². The Morgan fingerprint density at radius 1 is 1.62 bits per heavy atom. The fraction of sp³-hybridized carbons (Fsp3) is 0.364. The van der Waals surface area contributed by atoms with Crippen LogP contribution in [-0.4, -0.2) is 29.0 Å². The molecule has 1 unspecified atom stereocenters. The van der Waals surface area contributed by atoms with Gasteiger partial charge in [-0.25, -0.2) is 0 Å². The molecule has 10 heteroatoms. The van der Waals surface area contributed by atoms with E-state index in [-0.39, 0.29) is 42.0 Å². The van der Waals surface area contributed by atoms with Gasteiger partial charge >= 0.3 is 5.69 Å². The van der Waals surface area contributed by atoms with Crippen molar-refractivity contribution in [2.75, 3.05) is 18.0 Å². The second-order valence-corrected chi connectivity index (χ2v) is 4.97. The van der Waals surface area contributed by atoms with E-state index in [2.05, 4.69) is 10.0 Å². The number of phenols is 1. The summed E-state index contributed by atoms with van der Waals surface area (Å²) in [5.41, 5.74) is 7.70. The third kappa shape index (κ3) is 2.99. The first-order valence-electron chi connectivity index (χ1n) is 5.92. The molecule has 110 valence electrons. The maximum absolute atomic E-state index is 12.0. The van der Waals surface area contributed by atoms with Crippen LogP contribution >= 0.6 is 11.6 Å². The van der Waals surface area contributed by atoms with Crippen LogP contribution in [-0.2, 0) is 4.79 Å². The molecule has 1 heterocycles. The highest BCUT2D eigenvalue weighted by Gasteiger charge is 2.33. The Kier molecular flexibility index (Phi) is 4.15. The molecule has 0 saturated carbocycles. The SMILES string of the molecule is [N-]=[N+]=NCC1CC(=O)N(c2cc(Cl)cc([N+](=O)[O-])c2O)C1. The first-order valence-corrected chi connectivity index (χ1v) is 6.30. The number of azide groups is 1. The minimum Gasteiger partial charge on any atom is -0.501 e. The fourth-order valence-electron chi connectivity index (χ4n) is 2.20. The molecule has 21 heavy (non-hydrogen) atoms. The summed E-state index contributed by atoms with van der Waals surface area (Å²) in [6, 6.07) is 2.30. The van der Waals surface area contributed by atoms with Crippen LogP contribution in [0.1, 0.15) is 6.42 Å². The molecular weight excluding hydrogens is 302 g/mol. The van der Waals surface area contributed by atoms with Gasteiger partial charge in [-0.1, -0.05) is 16.7 Å². The molecule has 0 bridgehead atoms. The van der Waals surface area contributed by atoms with Crippen LogP contribution in [0.4, 0.5) is 11.4 Å². The summed E-state index contributed by atoms with van der Waals surface area (Å²) in [6.45, 7) is 0.338. The van der Waals surface area contributed by atoms with Gasteiger partial charge in [0.25, 0.3) is 0 Å². The molecule has 1 atom stereocenters. The van der Waals surface area contributed by atoms with Crippen molar-refractivity contribution in [3.8, 4) is 5.75 Å². The Hall–Kier alpha value is -2.51. The van der Waals surface area contributed by atoms with Crippen LogP contribution in [0.15, 0.2) is 17.2 Å². The molecule has 1 aliphatic heterocycles. The third-order valence-corrected chi connectivity index (χ3v) is 3.35. The lowest BCUT2D eigenvalue weighted by Crippen LogP contribution is -2.25. The van der Waals surface area contributed by atoms with E-state index >= 15 is 0 Å². The Morgan fingerprint density at radius 3 is 2.95 bits per heavy atom. The Balaban J connectivity index is 2.36. The molecule has 1 fully saturated rings. The van der Waals surface area contributed by atoms with E-state index in [9.17, 15) is 20.0 Å². The Labute approximate surface area is 123 Å². The minimum atomic E-state index is -0.775. The number of benzene rings is 1. The number of halogens is 1. The van der Waals surface area contributed by atoms with Crippen LogP contribution in [0.2, 0.25) is 5.02 Å². The number of rotatable bonds is 4. The van der Waals surface area contributed by atoms with E-state index in [1.165, 1.54) is 11.0 Å². The Bertz CT molecular complexity index is 658. The molecule has 0 aliphatic carbocycles. The molecule has 1 amide bonds. The number of nitrogens with zero attached hydrogens (tertiary/aromatic N) is 5. The van der Waals surface area contributed by atoms with Crippen LogP contribution in [0.5, 0.6) is 5.75 Å². The van der Waals surface area contributed by atoms with Crippen molar-refractivity contribution in [3.05, 3.63) is 37.7 Å². The summed E-state index contributed by atoms with van der Waals surface area (Å²) < 4.78 is 0. The van der Waals surface area contributed by atoms with Gasteiger partial charge in [0.1, 0.15) is 0 Å². The highest BCUT2D eigenvalue weighted by atomic mass is 35.5. The number of nitro groups is 1. The van der Waals surface area contributed by atoms with Crippen molar-refractivity contribution in [3.63, 3.8) is 0 Å².